The van der Waals surface area contributed by atoms with Gasteiger partial charge in [0.1, 0.15) is 11.5 Å². The molecule has 0 heterocycles. The number of aliphatic carboxylic acids is 1. The van der Waals surface area contributed by atoms with Gasteiger partial charge in [0, 0.05) is 9.80 Å². The Morgan fingerprint density at radius 2 is 1.33 bits per heavy atom. The van der Waals surface area contributed by atoms with Gasteiger partial charge in [-0.15, -0.1) is 0 Å². The van der Waals surface area contributed by atoms with Gasteiger partial charge in [0.25, 0.3) is 0 Å². The van der Waals surface area contributed by atoms with E-state index in [2.05, 4.69) is 14.8 Å². The molecule has 0 radical (unpaired) electrons. The zero-order valence-corrected chi connectivity index (χ0v) is 20.5. The third-order valence-corrected chi connectivity index (χ3v) is 6.47. The molecule has 0 atom stereocenters. The van der Waals surface area contributed by atoms with E-state index in [-0.39, 0.29) is 25.7 Å². The third kappa shape index (κ3) is 8.51. The lowest BCUT2D eigenvalue weighted by Gasteiger charge is -2.14. The number of carbonyl (C=O) groups is 1. The van der Waals surface area contributed by atoms with Crippen LogP contribution in [0.4, 0.5) is 26.3 Å². The van der Waals surface area contributed by atoms with Gasteiger partial charge in [-0.25, -0.2) is 9.36 Å². The molecule has 2 fully saturated rings. The number of azide groups is 1. The van der Waals surface area contributed by atoms with Crippen LogP contribution in [0.1, 0.15) is 25.7 Å². The van der Waals surface area contributed by atoms with Gasteiger partial charge in [0.05, 0.1) is 0 Å². The maximum atomic E-state index is 12.3. The van der Waals surface area contributed by atoms with Crippen molar-refractivity contribution in [2.24, 2.45) is 15.3 Å². The Bertz CT molecular complexity index is 1200. The van der Waals surface area contributed by atoms with E-state index in [0.29, 0.717) is 11.5 Å². The molecule has 2 aromatic carbocycles. The Morgan fingerprint density at radius 1 is 0.897 bits per heavy atom. The SMILES string of the molecule is O=C(O)C1(C(F)(F)F)CC1.O=C=NC1(C(F)(F)F)CC1.[N-]=[N+]=NP(=O)(Oc1ccccc1)Oc1ccccc1. The second kappa shape index (κ2) is 12.2. The van der Waals surface area contributed by atoms with Crippen molar-refractivity contribution in [2.45, 2.75) is 43.6 Å². The number of para-hydroxylation sites is 2. The molecule has 0 amide bonds. The van der Waals surface area contributed by atoms with Gasteiger partial charge in [0.15, 0.2) is 11.0 Å². The van der Waals surface area contributed by atoms with Gasteiger partial charge in [-0.1, -0.05) is 36.4 Å². The number of hydrogen-bond acceptors (Lipinski definition) is 6. The van der Waals surface area contributed by atoms with Crippen molar-refractivity contribution in [3.05, 3.63) is 71.1 Å². The summed E-state index contributed by atoms with van der Waals surface area (Å²) >= 11 is 0. The number of halogens is 6. The second-order valence-corrected chi connectivity index (χ2v) is 9.55. The summed E-state index contributed by atoms with van der Waals surface area (Å²) in [5, 5.41) is 8.12. The van der Waals surface area contributed by atoms with Gasteiger partial charge < -0.3 is 14.2 Å². The van der Waals surface area contributed by atoms with Crippen molar-refractivity contribution in [3.8, 4) is 11.5 Å². The summed E-state index contributed by atoms with van der Waals surface area (Å²) in [7, 11) is -3.95. The minimum Gasteiger partial charge on any atom is -0.481 e. The molecule has 0 aromatic heterocycles. The molecule has 0 bridgehead atoms. The maximum Gasteiger partial charge on any atom is 0.525 e. The molecule has 17 heteroatoms. The van der Waals surface area contributed by atoms with Crippen molar-refractivity contribution in [1.82, 2.24) is 0 Å². The first kappa shape index (κ1) is 31.2. The molecule has 210 valence electrons. The van der Waals surface area contributed by atoms with Crippen molar-refractivity contribution in [2.75, 3.05) is 0 Å². The Balaban J connectivity index is 0.000000225. The molecule has 1 N–H and O–H groups in total. The van der Waals surface area contributed by atoms with E-state index >= 15 is 0 Å². The summed E-state index contributed by atoms with van der Waals surface area (Å²) in [6.45, 7) is 0. The van der Waals surface area contributed by atoms with Crippen LogP contribution in [0.2, 0.25) is 0 Å². The lowest BCUT2D eigenvalue weighted by molar-refractivity contribution is -0.202. The van der Waals surface area contributed by atoms with Gasteiger partial charge in [-0.2, -0.15) is 31.3 Å². The fraction of sp³-hybridized carbons (Fsp3) is 0.364. The van der Waals surface area contributed by atoms with Crippen LogP contribution >= 0.6 is 7.75 Å². The van der Waals surface area contributed by atoms with Gasteiger partial charge in [0.2, 0.25) is 6.08 Å². The highest BCUT2D eigenvalue weighted by atomic mass is 31.2. The van der Waals surface area contributed by atoms with Gasteiger partial charge >= 0.3 is 26.1 Å². The molecule has 2 saturated carbocycles. The molecule has 39 heavy (non-hydrogen) atoms. The Morgan fingerprint density at radius 3 is 1.54 bits per heavy atom. The van der Waals surface area contributed by atoms with Crippen LogP contribution in [-0.2, 0) is 14.2 Å². The summed E-state index contributed by atoms with van der Waals surface area (Å²) < 4.78 is 93.3. The number of isocyanates is 1. The average molecular weight is 580 g/mol. The van der Waals surface area contributed by atoms with Crippen LogP contribution in [-0.4, -0.2) is 35.0 Å². The fourth-order valence-corrected chi connectivity index (χ4v) is 3.73. The maximum absolute atomic E-state index is 12.3. The summed E-state index contributed by atoms with van der Waals surface area (Å²) in [5.41, 5.74) is 4.03. The molecule has 2 aliphatic rings. The summed E-state index contributed by atoms with van der Waals surface area (Å²) in [4.78, 5) is 27.9. The highest BCUT2D eigenvalue weighted by Crippen LogP contribution is 2.57. The summed E-state index contributed by atoms with van der Waals surface area (Å²) in [6.07, 6.45) is -8.71. The first-order valence-corrected chi connectivity index (χ1v) is 12.2. The smallest absolute Gasteiger partial charge is 0.481 e. The first-order chi connectivity index (χ1) is 18.1. The fourth-order valence-electron chi connectivity index (χ4n) is 2.74. The second-order valence-electron chi connectivity index (χ2n) is 8.07. The number of alkyl halides is 6. The molecular weight excluding hydrogens is 561 g/mol. The molecular formula is C22H19F6N4O6P. The van der Waals surface area contributed by atoms with Gasteiger partial charge in [-0.05, 0) is 55.5 Å². The van der Waals surface area contributed by atoms with E-state index in [1.807, 2.05) is 0 Å². The quantitative estimate of drug-likeness (QED) is 0.0686. The van der Waals surface area contributed by atoms with Crippen LogP contribution in [0, 0.1) is 5.41 Å². The lowest BCUT2D eigenvalue weighted by Crippen LogP contribution is -2.32. The van der Waals surface area contributed by atoms with E-state index < -0.39 is 37.0 Å². The minimum atomic E-state index is -4.57. The van der Waals surface area contributed by atoms with Crippen molar-refractivity contribution in [3.63, 3.8) is 0 Å². The predicted molar refractivity (Wildman–Crippen MR) is 122 cm³/mol. The zero-order chi connectivity index (χ0) is 29.4. The molecule has 2 aliphatic carbocycles. The van der Waals surface area contributed by atoms with E-state index in [1.165, 1.54) is 0 Å². The molecule has 4 rings (SSSR count). The van der Waals surface area contributed by atoms with E-state index in [4.69, 9.17) is 19.7 Å². The van der Waals surface area contributed by atoms with Crippen molar-refractivity contribution < 1.29 is 54.7 Å². The normalized spacial score (nSPS) is 16.3. The van der Waals surface area contributed by atoms with Crippen LogP contribution in [0.5, 0.6) is 11.5 Å². The number of carboxylic acid groups (broad SMARTS) is 1. The number of aliphatic imine (C=N–C) groups is 1. The summed E-state index contributed by atoms with van der Waals surface area (Å²) in [5.74, 6) is -1.15. The standard InChI is InChI=1S/C12H10N3O3P.C5H4F3NO.C5H5F3O2/c13-14-15-19(16,17-11-7-3-1-4-8-11)18-12-9-5-2-6-10-12;6-5(7,8)4(1-2-4)9-3-10;6-5(7,8)4(1-2-4)3(9)10/h1-10H;1-2H2;1-2H2,(H,9,10). The monoisotopic (exact) mass is 580 g/mol. The molecule has 0 aliphatic heterocycles. The number of carbonyl (C=O) groups excluding carboxylic acids is 1. The highest BCUT2D eigenvalue weighted by molar-refractivity contribution is 7.53. The van der Waals surface area contributed by atoms with Crippen molar-refractivity contribution >= 4 is 19.8 Å². The first-order valence-electron chi connectivity index (χ1n) is 10.8. The van der Waals surface area contributed by atoms with Crippen LogP contribution in [0.25, 0.3) is 10.4 Å². The van der Waals surface area contributed by atoms with Crippen LogP contribution in [0.15, 0.2) is 70.5 Å². The third-order valence-electron chi connectivity index (χ3n) is 5.29. The van der Waals surface area contributed by atoms with Crippen molar-refractivity contribution in [1.29, 1.82) is 0 Å². The van der Waals surface area contributed by atoms with Crippen LogP contribution in [0.3, 0.4) is 0 Å². The Kier molecular flexibility index (Phi) is 9.81. The Hall–Kier alpha value is -3.99. The largest absolute Gasteiger partial charge is 0.525 e. The lowest BCUT2D eigenvalue weighted by atomic mass is 10.1. The number of hydrogen-bond donors (Lipinski definition) is 1. The number of rotatable bonds is 7. The van der Waals surface area contributed by atoms with E-state index in [0.717, 1.165) is 6.08 Å². The molecule has 0 saturated heterocycles. The topological polar surface area (TPSA) is 151 Å². The number of carboxylic acids is 1. The van der Waals surface area contributed by atoms with E-state index in [9.17, 15) is 40.5 Å². The highest BCUT2D eigenvalue weighted by Gasteiger charge is 2.69. The van der Waals surface area contributed by atoms with E-state index in [1.54, 1.807) is 60.7 Å². The molecule has 2 aromatic rings. The predicted octanol–water partition coefficient (Wildman–Crippen LogP) is 7.39. The summed E-state index contributed by atoms with van der Waals surface area (Å²) in [6, 6.07) is 16.8. The average Bonchev–Trinajstić information content (AvgIpc) is 3.75. The van der Waals surface area contributed by atoms with Gasteiger partial charge in [-0.3, -0.25) is 4.79 Å². The minimum absolute atomic E-state index is 0.0776. The zero-order valence-electron chi connectivity index (χ0n) is 19.6. The van der Waals surface area contributed by atoms with Crippen LogP contribution < -0.4 is 9.05 Å². The Labute approximate surface area is 216 Å². The molecule has 10 nitrogen and oxygen atoms in total. The molecule has 0 unspecified atom stereocenters. The number of benzene rings is 2. The number of nitrogens with zero attached hydrogens (tertiary/aromatic N) is 4. The molecule has 0 spiro atoms.